The molecule has 1 aromatic heterocycles. The molecule has 0 fully saturated rings. The van der Waals surface area contributed by atoms with Crippen LogP contribution in [-0.4, -0.2) is 18.3 Å². The molecule has 1 heterocycles. The predicted octanol–water partition coefficient (Wildman–Crippen LogP) is 3.39. The Hall–Kier alpha value is -3.00. The molecule has 0 saturated carbocycles. The van der Waals surface area contributed by atoms with Gasteiger partial charge in [0, 0.05) is 17.7 Å². The molecule has 0 N–H and O–H groups in total. The number of nitro benzene ring substituents is 1. The van der Waals surface area contributed by atoms with E-state index >= 15 is 0 Å². The number of non-ortho nitro benzene ring substituents is 1. The summed E-state index contributed by atoms with van der Waals surface area (Å²) in [4.78, 5) is 14.3. The Kier molecular flexibility index (Phi) is 3.90. The Labute approximate surface area is 137 Å². The van der Waals surface area contributed by atoms with E-state index in [0.29, 0.717) is 5.56 Å². The predicted molar refractivity (Wildman–Crippen MR) is 85.2 cm³/mol. The molecule has 122 valence electrons. The van der Waals surface area contributed by atoms with Crippen molar-refractivity contribution in [2.75, 3.05) is 0 Å². The molecule has 3 aromatic rings. The summed E-state index contributed by atoms with van der Waals surface area (Å²) in [7, 11) is -3.92. The highest BCUT2D eigenvalue weighted by Gasteiger charge is 2.27. The molecule has 0 aliphatic carbocycles. The maximum absolute atomic E-state index is 12.8. The van der Waals surface area contributed by atoms with Crippen LogP contribution in [0.2, 0.25) is 0 Å². The molecule has 0 radical (unpaired) electrons. The smallest absolute Gasteiger partial charge is 0.270 e. The lowest BCUT2D eigenvalue weighted by Gasteiger charge is -2.04. The van der Waals surface area contributed by atoms with Gasteiger partial charge in [-0.3, -0.25) is 10.1 Å². The fraction of sp³-hybridized carbons (Fsp3) is 0.0625. The van der Waals surface area contributed by atoms with E-state index in [1.54, 1.807) is 18.2 Å². The van der Waals surface area contributed by atoms with E-state index < -0.39 is 14.8 Å². The fourth-order valence-corrected chi connectivity index (χ4v) is 3.51. The summed E-state index contributed by atoms with van der Waals surface area (Å²) in [6.07, 6.45) is 1.01. The second-order valence-corrected chi connectivity index (χ2v) is 6.96. The largest absolute Gasteiger partial charge is 0.431 e. The first-order chi connectivity index (χ1) is 11.4. The van der Waals surface area contributed by atoms with Gasteiger partial charge in [0.15, 0.2) is 6.39 Å². The lowest BCUT2D eigenvalue weighted by atomic mass is 10.1. The monoisotopic (exact) mass is 344 g/mol. The van der Waals surface area contributed by atoms with E-state index in [1.807, 2.05) is 6.92 Å². The van der Waals surface area contributed by atoms with Crippen molar-refractivity contribution in [1.82, 2.24) is 4.98 Å². The molecular weight excluding hydrogens is 332 g/mol. The van der Waals surface area contributed by atoms with E-state index in [-0.39, 0.29) is 21.4 Å². The van der Waals surface area contributed by atoms with Crippen LogP contribution < -0.4 is 0 Å². The lowest BCUT2D eigenvalue weighted by molar-refractivity contribution is -0.384. The van der Waals surface area contributed by atoms with Gasteiger partial charge in [-0.1, -0.05) is 29.8 Å². The van der Waals surface area contributed by atoms with E-state index in [2.05, 4.69) is 4.98 Å². The summed E-state index contributed by atoms with van der Waals surface area (Å²) < 4.78 is 30.6. The Morgan fingerprint density at radius 3 is 2.50 bits per heavy atom. The first-order valence-electron chi connectivity index (χ1n) is 6.89. The van der Waals surface area contributed by atoms with Crippen LogP contribution in [0.5, 0.6) is 0 Å². The van der Waals surface area contributed by atoms with Gasteiger partial charge in [-0.25, -0.2) is 13.4 Å². The summed E-state index contributed by atoms with van der Waals surface area (Å²) in [5.74, 6) is 0. The van der Waals surface area contributed by atoms with Crippen LogP contribution >= 0.6 is 0 Å². The summed E-state index contributed by atoms with van der Waals surface area (Å²) in [6, 6.07) is 11.9. The fourth-order valence-electron chi connectivity index (χ4n) is 2.21. The Morgan fingerprint density at radius 2 is 1.83 bits per heavy atom. The number of oxazole rings is 1. The van der Waals surface area contributed by atoms with Crippen molar-refractivity contribution in [2.24, 2.45) is 0 Å². The van der Waals surface area contributed by atoms with Crippen molar-refractivity contribution in [2.45, 2.75) is 16.9 Å². The number of aryl methyl sites for hydroxylation is 1. The second kappa shape index (κ2) is 5.89. The van der Waals surface area contributed by atoms with Crippen LogP contribution in [0.4, 0.5) is 5.69 Å². The number of hydrogen-bond donors (Lipinski definition) is 0. The molecule has 0 spiro atoms. The third-order valence-corrected chi connectivity index (χ3v) is 5.11. The molecule has 0 saturated heterocycles. The minimum Gasteiger partial charge on any atom is -0.431 e. The van der Waals surface area contributed by atoms with E-state index in [1.165, 1.54) is 30.3 Å². The number of aromatic nitrogens is 1. The number of nitro groups is 1. The zero-order valence-electron chi connectivity index (χ0n) is 12.5. The number of rotatable bonds is 4. The Balaban J connectivity index is 2.12. The topological polar surface area (TPSA) is 103 Å². The lowest BCUT2D eigenvalue weighted by Crippen LogP contribution is -2.02. The molecule has 0 unspecified atom stereocenters. The number of hydrogen-bond acceptors (Lipinski definition) is 6. The number of nitrogens with zero attached hydrogens (tertiary/aromatic N) is 2. The van der Waals surface area contributed by atoms with Gasteiger partial charge < -0.3 is 4.42 Å². The number of sulfone groups is 1. The summed E-state index contributed by atoms with van der Waals surface area (Å²) in [5, 5.41) is 10.6. The molecule has 0 atom stereocenters. The molecule has 24 heavy (non-hydrogen) atoms. The summed E-state index contributed by atoms with van der Waals surface area (Å²) in [5.41, 5.74) is 1.10. The third kappa shape index (κ3) is 2.79. The van der Waals surface area contributed by atoms with E-state index in [4.69, 9.17) is 4.42 Å². The van der Waals surface area contributed by atoms with Crippen LogP contribution in [0.25, 0.3) is 11.3 Å². The van der Waals surface area contributed by atoms with Gasteiger partial charge in [-0.05, 0) is 19.1 Å². The SMILES string of the molecule is Cc1ccc(S(=O)(=O)c2ocnc2-c2cccc([N+](=O)[O-])c2)cc1. The molecule has 3 rings (SSSR count). The maximum Gasteiger partial charge on any atom is 0.270 e. The van der Waals surface area contributed by atoms with Gasteiger partial charge in [-0.15, -0.1) is 0 Å². The van der Waals surface area contributed by atoms with Crippen molar-refractivity contribution in [1.29, 1.82) is 0 Å². The average molecular weight is 344 g/mol. The molecule has 0 bridgehead atoms. The van der Waals surface area contributed by atoms with Gasteiger partial charge in [0.2, 0.25) is 9.84 Å². The van der Waals surface area contributed by atoms with Gasteiger partial charge in [0.1, 0.15) is 5.69 Å². The third-order valence-electron chi connectivity index (χ3n) is 3.44. The van der Waals surface area contributed by atoms with Gasteiger partial charge in [0.05, 0.1) is 9.82 Å². The van der Waals surface area contributed by atoms with Crippen LogP contribution in [-0.2, 0) is 9.84 Å². The van der Waals surface area contributed by atoms with Crippen molar-refractivity contribution in [3.63, 3.8) is 0 Å². The van der Waals surface area contributed by atoms with Crippen LogP contribution in [0.1, 0.15) is 5.56 Å². The highest BCUT2D eigenvalue weighted by molar-refractivity contribution is 7.91. The summed E-state index contributed by atoms with van der Waals surface area (Å²) >= 11 is 0. The number of benzene rings is 2. The van der Waals surface area contributed by atoms with Crippen LogP contribution in [0, 0.1) is 17.0 Å². The standard InChI is InChI=1S/C16H12N2O5S/c1-11-5-7-14(8-6-11)24(21,22)16-15(17-10-23-16)12-3-2-4-13(9-12)18(19)20/h2-10H,1H3. The summed E-state index contributed by atoms with van der Waals surface area (Å²) in [6.45, 7) is 1.85. The highest BCUT2D eigenvalue weighted by atomic mass is 32.2. The molecule has 0 amide bonds. The quantitative estimate of drug-likeness (QED) is 0.531. The molecular formula is C16H12N2O5S. The zero-order chi connectivity index (χ0) is 17.3. The second-order valence-electron chi connectivity index (χ2n) is 5.11. The van der Waals surface area contributed by atoms with Crippen molar-refractivity contribution in [3.05, 3.63) is 70.6 Å². The molecule has 7 nitrogen and oxygen atoms in total. The molecule has 0 aliphatic rings. The Bertz CT molecular complexity index is 1010. The van der Waals surface area contributed by atoms with E-state index in [0.717, 1.165) is 12.0 Å². The maximum atomic E-state index is 12.8. The molecule has 2 aromatic carbocycles. The van der Waals surface area contributed by atoms with Crippen LogP contribution in [0.15, 0.2) is 69.3 Å². The minimum atomic E-state index is -3.92. The van der Waals surface area contributed by atoms with Gasteiger partial charge >= 0.3 is 0 Å². The molecule has 8 heteroatoms. The normalized spacial score (nSPS) is 11.4. The van der Waals surface area contributed by atoms with Crippen molar-refractivity contribution >= 4 is 15.5 Å². The first kappa shape index (κ1) is 15.9. The van der Waals surface area contributed by atoms with Crippen molar-refractivity contribution < 1.29 is 17.8 Å². The van der Waals surface area contributed by atoms with Gasteiger partial charge in [0.25, 0.3) is 10.8 Å². The van der Waals surface area contributed by atoms with Gasteiger partial charge in [-0.2, -0.15) is 0 Å². The van der Waals surface area contributed by atoms with Crippen LogP contribution in [0.3, 0.4) is 0 Å². The minimum absolute atomic E-state index is 0.0410. The zero-order valence-corrected chi connectivity index (χ0v) is 13.4. The van der Waals surface area contributed by atoms with Crippen molar-refractivity contribution in [3.8, 4) is 11.3 Å². The first-order valence-corrected chi connectivity index (χ1v) is 8.38. The Morgan fingerprint density at radius 1 is 1.12 bits per heavy atom. The highest BCUT2D eigenvalue weighted by Crippen LogP contribution is 2.32. The molecule has 0 aliphatic heterocycles. The average Bonchev–Trinajstić information content (AvgIpc) is 3.06. The van der Waals surface area contributed by atoms with E-state index in [9.17, 15) is 18.5 Å².